The summed E-state index contributed by atoms with van der Waals surface area (Å²) in [5.74, 6) is -0.980. The molecule has 25 heavy (non-hydrogen) atoms. The number of carboxylic acids is 1. The average molecular weight is 353 g/mol. The van der Waals surface area contributed by atoms with Crippen molar-refractivity contribution < 1.29 is 14.3 Å². The molecule has 8 nitrogen and oxygen atoms in total. The van der Waals surface area contributed by atoms with Gasteiger partial charge in [-0.15, -0.1) is 21.5 Å². The number of rotatable bonds is 4. The monoisotopic (exact) mass is 353 g/mol. The van der Waals surface area contributed by atoms with Crippen LogP contribution in [0.2, 0.25) is 0 Å². The van der Waals surface area contributed by atoms with Crippen LogP contribution in [0.1, 0.15) is 16.4 Å². The summed E-state index contributed by atoms with van der Waals surface area (Å²) in [5.41, 5.74) is -0.760. The third-order valence-electron chi connectivity index (χ3n) is 3.54. The van der Waals surface area contributed by atoms with E-state index in [1.165, 1.54) is 23.5 Å². The molecule has 9 heteroatoms. The topological polar surface area (TPSA) is 114 Å². The van der Waals surface area contributed by atoms with Gasteiger partial charge in [0.15, 0.2) is 0 Å². The van der Waals surface area contributed by atoms with Crippen LogP contribution >= 0.6 is 11.3 Å². The number of fused-ring (bicyclic) bond motifs is 1. The molecule has 0 unspecified atom stereocenters. The van der Waals surface area contributed by atoms with Crippen molar-refractivity contribution in [2.75, 3.05) is 0 Å². The number of aromatic nitrogens is 4. The van der Waals surface area contributed by atoms with E-state index in [-0.39, 0.29) is 28.9 Å². The third kappa shape index (κ3) is 2.70. The second-order valence-electron chi connectivity index (χ2n) is 5.12. The molecule has 0 saturated heterocycles. The van der Waals surface area contributed by atoms with Gasteiger partial charge < -0.3 is 14.3 Å². The van der Waals surface area contributed by atoms with E-state index < -0.39 is 11.5 Å². The zero-order chi connectivity index (χ0) is 17.4. The van der Waals surface area contributed by atoms with E-state index in [1.54, 1.807) is 12.1 Å². The molecule has 0 spiro atoms. The summed E-state index contributed by atoms with van der Waals surface area (Å²) in [6.07, 6.45) is 0. The fourth-order valence-electron chi connectivity index (χ4n) is 2.44. The Morgan fingerprint density at radius 3 is 2.68 bits per heavy atom. The van der Waals surface area contributed by atoms with Crippen LogP contribution in [0.3, 0.4) is 0 Å². The lowest BCUT2D eigenvalue weighted by Gasteiger charge is -2.10. The van der Waals surface area contributed by atoms with Crippen LogP contribution in [-0.4, -0.2) is 25.9 Å². The van der Waals surface area contributed by atoms with Crippen molar-refractivity contribution >= 4 is 28.1 Å². The summed E-state index contributed by atoms with van der Waals surface area (Å²) in [6.45, 7) is -0.137. The van der Waals surface area contributed by atoms with Gasteiger partial charge in [0.05, 0.1) is 16.2 Å². The molecule has 3 heterocycles. The highest BCUT2D eigenvalue weighted by molar-refractivity contribution is 7.13. The summed E-state index contributed by atoms with van der Waals surface area (Å²) < 4.78 is 6.51. The molecule has 0 fully saturated rings. The van der Waals surface area contributed by atoms with Gasteiger partial charge in [-0.05, 0) is 17.5 Å². The first kappa shape index (κ1) is 15.2. The maximum Gasteiger partial charge on any atom is 0.275 e. The van der Waals surface area contributed by atoms with Crippen LogP contribution in [0.15, 0.2) is 51.0 Å². The molecule has 0 aliphatic carbocycles. The van der Waals surface area contributed by atoms with Crippen LogP contribution < -0.4 is 10.7 Å². The van der Waals surface area contributed by atoms with Crippen molar-refractivity contribution in [3.8, 4) is 10.8 Å². The highest BCUT2D eigenvalue weighted by Crippen LogP contribution is 2.23. The van der Waals surface area contributed by atoms with Gasteiger partial charge in [-0.25, -0.2) is 4.68 Å². The van der Waals surface area contributed by atoms with Crippen molar-refractivity contribution in [3.63, 3.8) is 0 Å². The SMILES string of the molecule is O=C([O-])c1nn(Cc2nnc(-c3cccs3)o2)c(=O)c2ccccc12. The number of hydrogen-bond acceptors (Lipinski definition) is 8. The normalized spacial score (nSPS) is 11.0. The number of aromatic carboxylic acids is 1. The van der Waals surface area contributed by atoms with Gasteiger partial charge in [0.25, 0.3) is 11.4 Å². The molecule has 0 N–H and O–H groups in total. The molecular formula is C16H9N4O4S-. The second-order valence-corrected chi connectivity index (χ2v) is 6.07. The van der Waals surface area contributed by atoms with E-state index in [0.29, 0.717) is 5.89 Å². The van der Waals surface area contributed by atoms with Gasteiger partial charge >= 0.3 is 0 Å². The van der Waals surface area contributed by atoms with Gasteiger partial charge in [-0.3, -0.25) is 4.79 Å². The highest BCUT2D eigenvalue weighted by Gasteiger charge is 2.15. The zero-order valence-electron chi connectivity index (χ0n) is 12.6. The number of benzene rings is 1. The minimum Gasteiger partial charge on any atom is -0.543 e. The van der Waals surface area contributed by atoms with Crippen molar-refractivity contribution in [2.24, 2.45) is 0 Å². The van der Waals surface area contributed by atoms with Gasteiger partial charge in [0, 0.05) is 5.39 Å². The molecule has 0 atom stereocenters. The minimum absolute atomic E-state index is 0.137. The summed E-state index contributed by atoms with van der Waals surface area (Å²) in [6, 6.07) is 10.0. The fourth-order valence-corrected chi connectivity index (χ4v) is 3.08. The number of carboxylic acid groups (broad SMARTS) is 1. The maximum atomic E-state index is 12.5. The van der Waals surface area contributed by atoms with Crippen molar-refractivity contribution in [1.82, 2.24) is 20.0 Å². The lowest BCUT2D eigenvalue weighted by Crippen LogP contribution is -2.31. The Hall–Kier alpha value is -3.33. The largest absolute Gasteiger partial charge is 0.543 e. The lowest BCUT2D eigenvalue weighted by molar-refractivity contribution is -0.255. The lowest BCUT2D eigenvalue weighted by atomic mass is 10.1. The van der Waals surface area contributed by atoms with Crippen LogP contribution in [0.4, 0.5) is 0 Å². The summed E-state index contributed by atoms with van der Waals surface area (Å²) in [5, 5.41) is 25.4. The minimum atomic E-state index is -1.46. The van der Waals surface area contributed by atoms with E-state index in [2.05, 4.69) is 15.3 Å². The molecule has 0 aliphatic rings. The van der Waals surface area contributed by atoms with Crippen LogP contribution in [0.25, 0.3) is 21.5 Å². The third-order valence-corrected chi connectivity index (χ3v) is 4.40. The molecule has 0 amide bonds. The van der Waals surface area contributed by atoms with Gasteiger partial charge in [-0.1, -0.05) is 24.3 Å². The van der Waals surface area contributed by atoms with Crippen molar-refractivity contribution in [2.45, 2.75) is 6.54 Å². The molecule has 4 aromatic rings. The first-order valence-corrected chi connectivity index (χ1v) is 8.09. The smallest absolute Gasteiger partial charge is 0.275 e. The number of thiophene rings is 1. The van der Waals surface area contributed by atoms with Gasteiger partial charge in [-0.2, -0.15) is 5.10 Å². The number of hydrogen-bond donors (Lipinski definition) is 0. The van der Waals surface area contributed by atoms with Crippen LogP contribution in [0, 0.1) is 0 Å². The Morgan fingerprint density at radius 2 is 1.96 bits per heavy atom. The molecule has 1 aromatic carbocycles. The van der Waals surface area contributed by atoms with E-state index in [0.717, 1.165) is 9.56 Å². The van der Waals surface area contributed by atoms with Gasteiger partial charge in [0.2, 0.25) is 5.89 Å². The maximum absolute atomic E-state index is 12.5. The first-order chi connectivity index (χ1) is 12.1. The molecule has 0 saturated carbocycles. The van der Waals surface area contributed by atoms with E-state index in [9.17, 15) is 14.7 Å². The van der Waals surface area contributed by atoms with Crippen molar-refractivity contribution in [1.29, 1.82) is 0 Å². The number of carbonyl (C=O) groups excluding carboxylic acids is 1. The Balaban J connectivity index is 1.78. The quantitative estimate of drug-likeness (QED) is 0.536. The second kappa shape index (κ2) is 5.95. The Bertz CT molecular complexity index is 1130. The van der Waals surface area contributed by atoms with Gasteiger partial charge in [0.1, 0.15) is 12.2 Å². The first-order valence-electron chi connectivity index (χ1n) is 7.21. The Labute approximate surface area is 144 Å². The van der Waals surface area contributed by atoms with Crippen LogP contribution in [0.5, 0.6) is 0 Å². The molecular weight excluding hydrogens is 344 g/mol. The predicted octanol–water partition coefficient (Wildman–Crippen LogP) is 0.920. The summed E-state index contributed by atoms with van der Waals surface area (Å²) >= 11 is 1.44. The average Bonchev–Trinajstić information content (AvgIpc) is 3.28. The fraction of sp³-hybridized carbons (Fsp3) is 0.0625. The Morgan fingerprint density at radius 1 is 1.16 bits per heavy atom. The van der Waals surface area contributed by atoms with Crippen molar-refractivity contribution in [3.05, 3.63) is 63.7 Å². The number of carbonyl (C=O) groups is 1. The van der Waals surface area contributed by atoms with Crippen LogP contribution in [-0.2, 0) is 6.54 Å². The molecule has 0 bridgehead atoms. The Kier molecular flexibility index (Phi) is 3.62. The number of nitrogens with zero attached hydrogens (tertiary/aromatic N) is 4. The molecule has 3 aromatic heterocycles. The van der Waals surface area contributed by atoms with E-state index >= 15 is 0 Å². The van der Waals surface area contributed by atoms with E-state index in [1.807, 2.05) is 17.5 Å². The van der Waals surface area contributed by atoms with E-state index in [4.69, 9.17) is 4.42 Å². The highest BCUT2D eigenvalue weighted by atomic mass is 32.1. The summed E-state index contributed by atoms with van der Waals surface area (Å²) in [7, 11) is 0. The zero-order valence-corrected chi connectivity index (χ0v) is 13.4. The molecule has 4 rings (SSSR count). The standard InChI is InChI=1S/C16H10N4O4S/c21-15-10-5-2-1-4-9(10)13(16(22)23)19-20(15)8-12-17-18-14(24-12)11-6-3-7-25-11/h1-7H,8H2,(H,22,23)/p-1. The summed E-state index contributed by atoms with van der Waals surface area (Å²) in [4.78, 5) is 24.7. The molecule has 124 valence electrons. The predicted molar refractivity (Wildman–Crippen MR) is 87.0 cm³/mol. The molecule has 0 aliphatic heterocycles. The molecule has 0 radical (unpaired) electrons.